The van der Waals surface area contributed by atoms with Crippen LogP contribution in [0, 0.1) is 0 Å². The quantitative estimate of drug-likeness (QED) is 0.760. The standard InChI is InChI=1S/C15H18N2O4/c1-17-6-5-16-14(17)9-11(18)10-7-12(19-2)15(21-4)13(8-10)20-3/h5-8H,9H2,1-4H3. The minimum Gasteiger partial charge on any atom is -0.493 e. The number of rotatable bonds is 6. The highest BCUT2D eigenvalue weighted by atomic mass is 16.5. The van der Waals surface area contributed by atoms with Crippen LogP contribution in [0.5, 0.6) is 17.2 Å². The largest absolute Gasteiger partial charge is 0.493 e. The predicted octanol–water partition coefficient (Wildman–Crippen LogP) is 1.87. The predicted molar refractivity (Wildman–Crippen MR) is 77.3 cm³/mol. The summed E-state index contributed by atoms with van der Waals surface area (Å²) >= 11 is 0. The van der Waals surface area contributed by atoms with Gasteiger partial charge in [0.15, 0.2) is 17.3 Å². The highest BCUT2D eigenvalue weighted by Gasteiger charge is 2.18. The number of aryl methyl sites for hydroxylation is 1. The number of carbonyl (C=O) groups excluding carboxylic acids is 1. The molecule has 6 nitrogen and oxygen atoms in total. The number of hydrogen-bond acceptors (Lipinski definition) is 5. The van der Waals surface area contributed by atoms with E-state index in [1.807, 2.05) is 11.6 Å². The molecule has 0 atom stereocenters. The van der Waals surface area contributed by atoms with E-state index in [0.717, 1.165) is 0 Å². The van der Waals surface area contributed by atoms with Crippen molar-refractivity contribution >= 4 is 5.78 Å². The van der Waals surface area contributed by atoms with Crippen molar-refractivity contribution in [3.63, 3.8) is 0 Å². The van der Waals surface area contributed by atoms with Gasteiger partial charge in [-0.1, -0.05) is 0 Å². The Balaban J connectivity index is 2.35. The van der Waals surface area contributed by atoms with Gasteiger partial charge in [0.2, 0.25) is 5.75 Å². The molecule has 0 saturated heterocycles. The number of aromatic nitrogens is 2. The summed E-state index contributed by atoms with van der Waals surface area (Å²) in [5, 5.41) is 0. The third kappa shape index (κ3) is 2.99. The first-order valence-corrected chi connectivity index (χ1v) is 6.40. The molecule has 6 heteroatoms. The highest BCUT2D eigenvalue weighted by Crippen LogP contribution is 2.38. The maximum atomic E-state index is 12.4. The number of hydrogen-bond donors (Lipinski definition) is 0. The Morgan fingerprint density at radius 2 is 1.76 bits per heavy atom. The minimum atomic E-state index is -0.0662. The van der Waals surface area contributed by atoms with E-state index in [1.54, 1.807) is 24.5 Å². The molecule has 0 unspecified atom stereocenters. The third-order valence-electron chi connectivity index (χ3n) is 3.23. The van der Waals surface area contributed by atoms with Crippen molar-refractivity contribution in [1.29, 1.82) is 0 Å². The lowest BCUT2D eigenvalue weighted by atomic mass is 10.1. The topological polar surface area (TPSA) is 62.6 Å². The molecule has 2 rings (SSSR count). The van der Waals surface area contributed by atoms with Crippen LogP contribution in [0.25, 0.3) is 0 Å². The van der Waals surface area contributed by atoms with Crippen LogP contribution in [-0.4, -0.2) is 36.7 Å². The lowest BCUT2D eigenvalue weighted by molar-refractivity contribution is 0.0989. The van der Waals surface area contributed by atoms with E-state index in [-0.39, 0.29) is 12.2 Å². The molecule has 0 aliphatic heterocycles. The fourth-order valence-corrected chi connectivity index (χ4v) is 2.05. The van der Waals surface area contributed by atoms with Crippen LogP contribution < -0.4 is 14.2 Å². The monoisotopic (exact) mass is 290 g/mol. The molecule has 0 N–H and O–H groups in total. The molecule has 112 valence electrons. The van der Waals surface area contributed by atoms with Crippen LogP contribution in [0.3, 0.4) is 0 Å². The fraction of sp³-hybridized carbons (Fsp3) is 0.333. The Bertz CT molecular complexity index is 624. The molecule has 0 radical (unpaired) electrons. The Hall–Kier alpha value is -2.50. The highest BCUT2D eigenvalue weighted by molar-refractivity contribution is 5.98. The average molecular weight is 290 g/mol. The van der Waals surface area contributed by atoms with E-state index < -0.39 is 0 Å². The van der Waals surface area contributed by atoms with Gasteiger partial charge in [0.1, 0.15) is 5.82 Å². The van der Waals surface area contributed by atoms with Gasteiger partial charge in [-0.15, -0.1) is 0 Å². The maximum Gasteiger partial charge on any atom is 0.203 e. The lowest BCUT2D eigenvalue weighted by Crippen LogP contribution is -2.09. The Morgan fingerprint density at radius 1 is 1.14 bits per heavy atom. The van der Waals surface area contributed by atoms with Gasteiger partial charge < -0.3 is 18.8 Å². The zero-order valence-corrected chi connectivity index (χ0v) is 12.5. The first-order chi connectivity index (χ1) is 10.1. The minimum absolute atomic E-state index is 0.0662. The third-order valence-corrected chi connectivity index (χ3v) is 3.23. The van der Waals surface area contributed by atoms with Crippen LogP contribution in [0.15, 0.2) is 24.5 Å². The number of carbonyl (C=O) groups is 1. The average Bonchev–Trinajstić information content (AvgIpc) is 2.90. The summed E-state index contributed by atoms with van der Waals surface area (Å²) in [5.41, 5.74) is 0.493. The molecule has 1 aromatic carbocycles. The molecule has 21 heavy (non-hydrogen) atoms. The van der Waals surface area contributed by atoms with E-state index in [4.69, 9.17) is 14.2 Å². The number of benzene rings is 1. The summed E-state index contributed by atoms with van der Waals surface area (Å²) in [6.45, 7) is 0. The van der Waals surface area contributed by atoms with E-state index in [2.05, 4.69) is 4.98 Å². The van der Waals surface area contributed by atoms with Crippen LogP contribution in [0.1, 0.15) is 16.2 Å². The lowest BCUT2D eigenvalue weighted by Gasteiger charge is -2.13. The molecule has 0 fully saturated rings. The van der Waals surface area contributed by atoms with Crippen molar-refractivity contribution in [1.82, 2.24) is 9.55 Å². The summed E-state index contributed by atoms with van der Waals surface area (Å²) in [6, 6.07) is 3.29. The number of ether oxygens (including phenoxy) is 3. The number of Topliss-reactive ketones (excluding diaryl/α,β-unsaturated/α-hetero) is 1. The van der Waals surface area contributed by atoms with E-state index in [1.165, 1.54) is 21.3 Å². The smallest absolute Gasteiger partial charge is 0.203 e. The first kappa shape index (κ1) is 14.9. The summed E-state index contributed by atoms with van der Waals surface area (Å²) in [6.07, 6.45) is 3.68. The van der Waals surface area contributed by atoms with Gasteiger partial charge in [0.05, 0.1) is 27.8 Å². The second kappa shape index (κ2) is 6.30. The Morgan fingerprint density at radius 3 is 2.19 bits per heavy atom. The van der Waals surface area contributed by atoms with Crippen molar-refractivity contribution in [2.24, 2.45) is 7.05 Å². The van der Waals surface area contributed by atoms with Crippen molar-refractivity contribution < 1.29 is 19.0 Å². The van der Waals surface area contributed by atoms with E-state index in [9.17, 15) is 4.79 Å². The van der Waals surface area contributed by atoms with E-state index in [0.29, 0.717) is 28.6 Å². The fourth-order valence-electron chi connectivity index (χ4n) is 2.05. The number of nitrogens with zero attached hydrogens (tertiary/aromatic N) is 2. The normalized spacial score (nSPS) is 10.3. The van der Waals surface area contributed by atoms with Crippen molar-refractivity contribution in [2.45, 2.75) is 6.42 Å². The van der Waals surface area contributed by atoms with Crippen molar-refractivity contribution in [2.75, 3.05) is 21.3 Å². The van der Waals surface area contributed by atoms with Gasteiger partial charge in [0.25, 0.3) is 0 Å². The van der Waals surface area contributed by atoms with Crippen molar-refractivity contribution in [3.05, 3.63) is 35.9 Å². The molecular weight excluding hydrogens is 272 g/mol. The molecule has 0 aliphatic carbocycles. The zero-order chi connectivity index (χ0) is 15.4. The van der Waals surface area contributed by atoms with Gasteiger partial charge in [-0.05, 0) is 12.1 Å². The number of ketones is 1. The molecule has 1 heterocycles. The Kier molecular flexibility index (Phi) is 4.47. The SMILES string of the molecule is COc1cc(C(=O)Cc2nccn2C)cc(OC)c1OC. The van der Waals surface area contributed by atoms with Crippen LogP contribution in [0.4, 0.5) is 0 Å². The molecule has 0 amide bonds. The van der Waals surface area contributed by atoms with Crippen molar-refractivity contribution in [3.8, 4) is 17.2 Å². The second-order valence-electron chi connectivity index (χ2n) is 4.47. The summed E-state index contributed by atoms with van der Waals surface area (Å²) in [5.74, 6) is 2.02. The van der Waals surface area contributed by atoms with Crippen LogP contribution in [0.2, 0.25) is 0 Å². The zero-order valence-electron chi connectivity index (χ0n) is 12.5. The summed E-state index contributed by atoms with van der Waals surface area (Å²) < 4.78 is 17.6. The van der Waals surface area contributed by atoms with Gasteiger partial charge in [-0.3, -0.25) is 4.79 Å². The van der Waals surface area contributed by atoms with Gasteiger partial charge in [-0.25, -0.2) is 4.98 Å². The molecule has 0 aliphatic rings. The van der Waals surface area contributed by atoms with Gasteiger partial charge in [0, 0.05) is 25.0 Å². The molecule has 2 aromatic rings. The summed E-state index contributed by atoms with van der Waals surface area (Å²) in [7, 11) is 6.41. The Labute approximate surface area is 123 Å². The molecule has 0 bridgehead atoms. The number of imidazole rings is 1. The molecule has 0 saturated carbocycles. The first-order valence-electron chi connectivity index (χ1n) is 6.40. The van der Waals surface area contributed by atoms with Crippen LogP contribution >= 0.6 is 0 Å². The molecule has 0 spiro atoms. The number of methoxy groups -OCH3 is 3. The second-order valence-corrected chi connectivity index (χ2v) is 4.47. The van der Waals surface area contributed by atoms with E-state index >= 15 is 0 Å². The van der Waals surface area contributed by atoms with Gasteiger partial charge in [-0.2, -0.15) is 0 Å². The molecular formula is C15H18N2O4. The van der Waals surface area contributed by atoms with Crippen LogP contribution in [-0.2, 0) is 13.5 Å². The van der Waals surface area contributed by atoms with Gasteiger partial charge >= 0.3 is 0 Å². The maximum absolute atomic E-state index is 12.4. The molecule has 1 aromatic heterocycles. The summed E-state index contributed by atoms with van der Waals surface area (Å²) in [4.78, 5) is 16.6.